The fraction of sp³-hybridized carbons (Fsp3) is 0.545. The van der Waals surface area contributed by atoms with Gasteiger partial charge < -0.3 is 10.0 Å². The largest absolute Gasteiger partial charge is 0.481 e. The van der Waals surface area contributed by atoms with Gasteiger partial charge in [0, 0.05) is 33.3 Å². The van der Waals surface area contributed by atoms with Gasteiger partial charge in [-0.3, -0.25) is 14.3 Å². The lowest BCUT2D eigenvalue weighted by molar-refractivity contribution is -0.137. The number of aromatic nitrogens is 2. The molecule has 0 spiro atoms. The van der Waals surface area contributed by atoms with E-state index in [4.69, 9.17) is 5.11 Å². The number of nitrogens with one attached hydrogen (secondary N) is 1. The number of carboxylic acid groups (broad SMARTS) is 1. The van der Waals surface area contributed by atoms with Crippen LogP contribution in [0.2, 0.25) is 0 Å². The van der Waals surface area contributed by atoms with E-state index in [1.54, 1.807) is 14.1 Å². The van der Waals surface area contributed by atoms with Gasteiger partial charge in [-0.05, 0) is 0 Å². The van der Waals surface area contributed by atoms with E-state index in [0.717, 1.165) is 6.20 Å². The summed E-state index contributed by atoms with van der Waals surface area (Å²) in [6, 6.07) is 0. The molecule has 118 valence electrons. The third kappa shape index (κ3) is 5.52. The Morgan fingerprint density at radius 1 is 1.38 bits per heavy atom. The molecule has 2 N–H and O–H groups in total. The molecule has 0 aliphatic rings. The van der Waals surface area contributed by atoms with Crippen molar-refractivity contribution in [1.82, 2.24) is 19.4 Å². The van der Waals surface area contributed by atoms with Gasteiger partial charge in [0.05, 0.1) is 19.2 Å². The molecule has 1 rings (SSSR count). The molecule has 0 saturated carbocycles. The Hall–Kier alpha value is -1.94. The molecule has 0 unspecified atom stereocenters. The third-order valence-electron chi connectivity index (χ3n) is 2.60. The number of carbonyl (C=O) groups is 2. The Kier molecular flexibility index (Phi) is 5.85. The fourth-order valence-corrected chi connectivity index (χ4v) is 2.40. The summed E-state index contributed by atoms with van der Waals surface area (Å²) in [5, 5.41) is 12.3. The molecule has 1 heterocycles. The van der Waals surface area contributed by atoms with Gasteiger partial charge in [0.1, 0.15) is 4.90 Å². The first-order valence-corrected chi connectivity index (χ1v) is 7.65. The fourth-order valence-electron chi connectivity index (χ4n) is 1.42. The Morgan fingerprint density at radius 3 is 2.62 bits per heavy atom. The van der Waals surface area contributed by atoms with Gasteiger partial charge in [-0.15, -0.1) is 0 Å². The Morgan fingerprint density at radius 2 is 2.05 bits per heavy atom. The van der Waals surface area contributed by atoms with Crippen molar-refractivity contribution in [3.05, 3.63) is 12.4 Å². The average Bonchev–Trinajstić information content (AvgIpc) is 2.85. The minimum absolute atomic E-state index is 0.0142. The van der Waals surface area contributed by atoms with E-state index >= 15 is 0 Å². The van der Waals surface area contributed by atoms with Crippen LogP contribution in [0, 0.1) is 0 Å². The lowest BCUT2D eigenvalue weighted by Crippen LogP contribution is -2.30. The maximum absolute atomic E-state index is 11.9. The molecule has 0 radical (unpaired) electrons. The summed E-state index contributed by atoms with van der Waals surface area (Å²) >= 11 is 0. The van der Waals surface area contributed by atoms with E-state index < -0.39 is 16.0 Å². The molecular weight excluding hydrogens is 300 g/mol. The van der Waals surface area contributed by atoms with Crippen LogP contribution in [0.25, 0.3) is 0 Å². The monoisotopic (exact) mass is 318 g/mol. The van der Waals surface area contributed by atoms with Crippen LogP contribution in [0.3, 0.4) is 0 Å². The summed E-state index contributed by atoms with van der Waals surface area (Å²) in [7, 11) is -0.578. The second kappa shape index (κ2) is 7.18. The molecule has 0 aliphatic heterocycles. The summed E-state index contributed by atoms with van der Waals surface area (Å²) in [5.74, 6) is -1.18. The number of aliphatic carboxylic acids is 1. The zero-order valence-electron chi connectivity index (χ0n) is 11.8. The predicted octanol–water partition coefficient (Wildman–Crippen LogP) is -0.886. The lowest BCUT2D eigenvalue weighted by atomic mass is 10.4. The normalized spacial score (nSPS) is 11.3. The van der Waals surface area contributed by atoms with Crippen LogP contribution in [-0.2, 0) is 26.2 Å². The molecule has 0 fully saturated rings. The lowest BCUT2D eigenvalue weighted by Gasteiger charge is -2.10. The number of carbonyl (C=O) groups excluding carboxylic acids is 1. The van der Waals surface area contributed by atoms with Crippen LogP contribution in [0.1, 0.15) is 12.8 Å². The molecule has 0 atom stereocenters. The quantitative estimate of drug-likeness (QED) is 0.641. The zero-order chi connectivity index (χ0) is 16.0. The molecule has 0 saturated heterocycles. The van der Waals surface area contributed by atoms with E-state index in [0.29, 0.717) is 0 Å². The first-order chi connectivity index (χ1) is 9.72. The summed E-state index contributed by atoms with van der Waals surface area (Å²) in [4.78, 5) is 23.1. The van der Waals surface area contributed by atoms with Crippen molar-refractivity contribution < 1.29 is 23.1 Å². The minimum atomic E-state index is -3.75. The van der Waals surface area contributed by atoms with E-state index in [9.17, 15) is 18.0 Å². The van der Waals surface area contributed by atoms with Crippen molar-refractivity contribution in [3.8, 4) is 0 Å². The van der Waals surface area contributed by atoms with Crippen LogP contribution in [-0.4, -0.2) is 60.7 Å². The van der Waals surface area contributed by atoms with Gasteiger partial charge in [-0.1, -0.05) is 0 Å². The summed E-state index contributed by atoms with van der Waals surface area (Å²) in [6.07, 6.45) is 2.29. The Labute approximate surface area is 122 Å². The summed E-state index contributed by atoms with van der Waals surface area (Å²) < 4.78 is 27.4. The van der Waals surface area contributed by atoms with E-state index in [-0.39, 0.29) is 36.7 Å². The van der Waals surface area contributed by atoms with Gasteiger partial charge in [-0.2, -0.15) is 5.10 Å². The van der Waals surface area contributed by atoms with Crippen molar-refractivity contribution in [2.75, 3.05) is 20.6 Å². The van der Waals surface area contributed by atoms with Crippen LogP contribution in [0.5, 0.6) is 0 Å². The number of hydrogen-bond donors (Lipinski definition) is 2. The number of amides is 1. The number of aryl methyl sites for hydroxylation is 1. The number of sulfonamides is 1. The van der Waals surface area contributed by atoms with Crippen molar-refractivity contribution in [2.24, 2.45) is 0 Å². The highest BCUT2D eigenvalue weighted by Gasteiger charge is 2.17. The molecule has 21 heavy (non-hydrogen) atoms. The number of rotatable bonds is 8. The highest BCUT2D eigenvalue weighted by atomic mass is 32.2. The topological polar surface area (TPSA) is 122 Å². The second-order valence-corrected chi connectivity index (χ2v) is 6.29. The SMILES string of the molecule is CN(C)C(=O)CCNS(=O)(=O)c1cnn(CCC(=O)O)c1. The van der Waals surface area contributed by atoms with Crippen LogP contribution < -0.4 is 4.72 Å². The molecule has 0 bridgehead atoms. The molecule has 1 aromatic heterocycles. The molecule has 9 nitrogen and oxygen atoms in total. The van der Waals surface area contributed by atoms with Gasteiger partial charge >= 0.3 is 5.97 Å². The van der Waals surface area contributed by atoms with Crippen LogP contribution in [0.15, 0.2) is 17.3 Å². The van der Waals surface area contributed by atoms with Crippen molar-refractivity contribution in [2.45, 2.75) is 24.3 Å². The van der Waals surface area contributed by atoms with E-state index in [2.05, 4.69) is 9.82 Å². The summed E-state index contributed by atoms with van der Waals surface area (Å²) in [5.41, 5.74) is 0. The molecule has 0 aromatic carbocycles. The number of carboxylic acids is 1. The molecule has 1 aromatic rings. The Balaban J connectivity index is 2.58. The first-order valence-electron chi connectivity index (χ1n) is 6.16. The smallest absolute Gasteiger partial charge is 0.305 e. The molecule has 10 heteroatoms. The number of nitrogens with zero attached hydrogens (tertiary/aromatic N) is 3. The van der Waals surface area contributed by atoms with Gasteiger partial charge in [-0.25, -0.2) is 13.1 Å². The van der Waals surface area contributed by atoms with Crippen molar-refractivity contribution in [1.29, 1.82) is 0 Å². The first kappa shape index (κ1) is 17.1. The average molecular weight is 318 g/mol. The molecule has 0 aliphatic carbocycles. The Bertz CT molecular complexity index is 608. The van der Waals surface area contributed by atoms with E-state index in [1.165, 1.54) is 15.8 Å². The van der Waals surface area contributed by atoms with E-state index in [1.807, 2.05) is 0 Å². The van der Waals surface area contributed by atoms with Gasteiger partial charge in [0.25, 0.3) is 0 Å². The predicted molar refractivity (Wildman–Crippen MR) is 73.0 cm³/mol. The second-order valence-electron chi connectivity index (χ2n) is 4.52. The van der Waals surface area contributed by atoms with Crippen molar-refractivity contribution in [3.63, 3.8) is 0 Å². The molecular formula is C11H18N4O5S. The third-order valence-corrected chi connectivity index (χ3v) is 4.02. The summed E-state index contributed by atoms with van der Waals surface area (Å²) in [6.45, 7) is 0.0730. The maximum atomic E-state index is 11.9. The van der Waals surface area contributed by atoms with Gasteiger partial charge in [0.2, 0.25) is 15.9 Å². The maximum Gasteiger partial charge on any atom is 0.305 e. The highest BCUT2D eigenvalue weighted by molar-refractivity contribution is 7.89. The zero-order valence-corrected chi connectivity index (χ0v) is 12.6. The van der Waals surface area contributed by atoms with Crippen LogP contribution in [0.4, 0.5) is 0 Å². The minimum Gasteiger partial charge on any atom is -0.481 e. The molecule has 1 amide bonds. The number of hydrogen-bond acceptors (Lipinski definition) is 5. The van der Waals surface area contributed by atoms with Crippen molar-refractivity contribution >= 4 is 21.9 Å². The highest BCUT2D eigenvalue weighted by Crippen LogP contribution is 2.07. The van der Waals surface area contributed by atoms with Gasteiger partial charge in [0.15, 0.2) is 0 Å². The van der Waals surface area contributed by atoms with Crippen LogP contribution >= 0.6 is 0 Å². The standard InChI is InChI=1S/C11H18N4O5S/c1-14(2)10(16)3-5-13-21(19,20)9-7-12-15(8-9)6-4-11(17)18/h7-8,13H,3-6H2,1-2H3,(H,17,18).